The molecule has 0 saturated carbocycles. The number of ether oxygens (including phenoxy) is 12. The lowest BCUT2D eigenvalue weighted by molar-refractivity contribution is -0.198. The van der Waals surface area contributed by atoms with Crippen molar-refractivity contribution in [2.75, 3.05) is 113 Å². The van der Waals surface area contributed by atoms with E-state index in [0.717, 1.165) is 21.3 Å². The quantitative estimate of drug-likeness (QED) is 0.0153. The van der Waals surface area contributed by atoms with Gasteiger partial charge in [-0.25, -0.2) is 23.7 Å². The lowest BCUT2D eigenvalue weighted by Gasteiger charge is -2.28. The average Bonchev–Trinajstić information content (AvgIpc) is 1.69. The molecule has 4 fully saturated rings. The third kappa shape index (κ3) is 27.4. The third-order valence-corrected chi connectivity index (χ3v) is 18.8. The van der Waals surface area contributed by atoms with E-state index in [-0.39, 0.29) is 12.2 Å². The van der Waals surface area contributed by atoms with Crippen molar-refractivity contribution in [3.05, 3.63) is 0 Å². The van der Waals surface area contributed by atoms with Crippen LogP contribution in [0.2, 0.25) is 0 Å². The molecule has 0 aromatic rings. The summed E-state index contributed by atoms with van der Waals surface area (Å²) in [6.45, 7) is -12.0. The Morgan fingerprint density at radius 2 is 0.636 bits per heavy atom. The highest BCUT2D eigenvalue weighted by molar-refractivity contribution is 7.80. The van der Waals surface area contributed by atoms with Crippen LogP contribution in [0.15, 0.2) is 0 Å². The van der Waals surface area contributed by atoms with Crippen LogP contribution >= 0.6 is 43.9 Å². The van der Waals surface area contributed by atoms with Crippen LogP contribution in [-0.2, 0) is 116 Å². The van der Waals surface area contributed by atoms with Gasteiger partial charge in [0.05, 0.1) is 79.3 Å². The van der Waals surface area contributed by atoms with E-state index in [2.05, 4.69) is 21.8 Å². The predicted molar refractivity (Wildman–Crippen MR) is 313 cm³/mol. The average molecular weight is 1560 g/mol. The maximum absolute atomic E-state index is 13.2. The summed E-state index contributed by atoms with van der Waals surface area (Å²) in [6.07, 6.45) is -50.3. The number of carbonyl (C=O) groups excluding carboxylic acids is 1. The monoisotopic (exact) mass is 1560 g/mol. The molecule has 0 aliphatic carbocycles. The molecule has 22 N–H and O–H groups in total. The van der Waals surface area contributed by atoms with Crippen molar-refractivity contribution in [2.24, 2.45) is 0 Å². The minimum Gasteiger partial charge on any atom is -0.394 e. The first-order chi connectivity index (χ1) is 46.4. The molecule has 4 heterocycles. The topological polar surface area (TPSA) is 707 Å². The number of rotatable bonds is 50. The normalized spacial score (nSPS) is 33.6. The van der Waals surface area contributed by atoms with Crippen LogP contribution < -0.4 is 5.48 Å². The highest BCUT2D eigenvalue weighted by atomic mass is 32.1. The maximum atomic E-state index is 13.2. The zero-order chi connectivity index (χ0) is 74.5. The highest BCUT2D eigenvalue weighted by Gasteiger charge is 2.54. The van der Waals surface area contributed by atoms with Gasteiger partial charge in [0.1, 0.15) is 146 Å². The number of aliphatic hydroxyl groups excluding tert-OH is 17. The van der Waals surface area contributed by atoms with E-state index in [4.69, 9.17) is 84.0 Å². The van der Waals surface area contributed by atoms with Crippen LogP contribution in [-0.4, -0.2) is 397 Å². The Hall–Kier alpha value is -0.900. The second-order valence-corrected chi connectivity index (χ2v) is 27.9. The number of phosphoric ester groups is 4. The Balaban J connectivity index is 1.21. The van der Waals surface area contributed by atoms with Crippen molar-refractivity contribution < 1.29 is 223 Å². The van der Waals surface area contributed by atoms with Gasteiger partial charge in [0, 0.05) is 34.9 Å². The number of phosphoric acid groups is 4. The van der Waals surface area contributed by atoms with Gasteiger partial charge in [-0.15, -0.1) is 0 Å². The molecule has 24 unspecified atom stereocenters. The van der Waals surface area contributed by atoms with Gasteiger partial charge < -0.3 is 163 Å². The van der Waals surface area contributed by atoms with Gasteiger partial charge in [-0.1, -0.05) is 0 Å². The van der Waals surface area contributed by atoms with E-state index in [1.807, 2.05) is 0 Å². The van der Waals surface area contributed by atoms with E-state index in [1.54, 1.807) is 5.48 Å². The molecule has 1 amide bonds. The van der Waals surface area contributed by atoms with Gasteiger partial charge in [-0.05, 0) is 5.75 Å². The summed E-state index contributed by atoms with van der Waals surface area (Å²) in [5, 5.41) is 176. The van der Waals surface area contributed by atoms with E-state index < -0.39 is 288 Å². The first-order valence-electron chi connectivity index (χ1n) is 29.4. The molecule has 0 radical (unpaired) electrons. The first kappa shape index (κ1) is 90.5. The molecule has 586 valence electrons. The highest BCUT2D eigenvalue weighted by Crippen LogP contribution is 2.51. The summed E-state index contributed by atoms with van der Waals surface area (Å²) in [7, 11) is -16.9. The minimum atomic E-state index is -5.42. The number of hydrogen-bond acceptors (Lipinski definition) is 43. The van der Waals surface area contributed by atoms with E-state index in [0.29, 0.717) is 0 Å². The number of nitrogens with one attached hydrogen (secondary N) is 1. The van der Waals surface area contributed by atoms with Crippen molar-refractivity contribution in [3.63, 3.8) is 0 Å². The van der Waals surface area contributed by atoms with E-state index in [9.17, 15) is 129 Å². The summed E-state index contributed by atoms with van der Waals surface area (Å²) in [4.78, 5) is 52.8. The van der Waals surface area contributed by atoms with Crippen LogP contribution in [0.25, 0.3) is 0 Å². The second-order valence-electron chi connectivity index (χ2n) is 21.9. The van der Waals surface area contributed by atoms with Crippen molar-refractivity contribution in [1.29, 1.82) is 0 Å². The summed E-state index contributed by atoms with van der Waals surface area (Å²) >= 11 is 3.80. The standard InChI is InChI=1S/C47H91NO46P4S/c1-75-40-36(66)27(7-49)87-44(40)79-11-19(53)32(62)23(57)15-83-95(67,68)91-37-28(8-50)88-45(41(37)76-2)80-12-20(54)33(63)24(58)16-84-96(69,70)92-38-29(9-51)89-46(42(38)77-3)81-13-21(55)34(64)25(59)17-85-97(71,72)93-39-30(10-52)90-47(43(39)78-4)82-14-22(56)35(65)26(60)18-86-98(73,74)94-48-31(61)5-6-99/h19-30,32-47,49-60,62-66,99H,5-18H2,1-4H3,(H,48,61)(H,67,68)(H,69,70)(H,71,72)(H,73,74)/t19?,20?,21?,22?,23?,24?,25?,26?,27-,28-,29-,30-,32?,33?,34?,35?,36?,37?,38?,39?,40?,41?,42?,43?,44-,45-,46-,47-/m1/s1. The SMILES string of the molecule is COC1C(O)[C@@H](CO)O[C@H]1OCC(O)C(O)C(O)COP(=O)(O)OC1C(OC)[C@H](OCC(O)C(O)C(O)COP(=O)(O)OC2C(OC)[C@H](OCC(O)C(O)C(O)COP(=O)(O)OC3C(OC)[C@H](OCC(O)C(O)C(O)COP(=O)(O)ONC(=O)CCS)O[C@@H]3CO)O[C@@H]2CO)O[C@@H]1CO. The third-order valence-electron chi connectivity index (χ3n) is 14.8. The molecular weight excluding hydrogens is 1470 g/mol. The van der Waals surface area contributed by atoms with Gasteiger partial charge in [0.25, 0.3) is 0 Å². The Kier molecular flexibility index (Phi) is 38.9. The van der Waals surface area contributed by atoms with Crippen molar-refractivity contribution >= 4 is 49.8 Å². The predicted octanol–water partition coefficient (Wildman–Crippen LogP) is -11.3. The van der Waals surface area contributed by atoms with Crippen molar-refractivity contribution in [1.82, 2.24) is 5.48 Å². The zero-order valence-electron chi connectivity index (χ0n) is 52.9. The Bertz CT molecular complexity index is 2540. The van der Waals surface area contributed by atoms with Crippen LogP contribution in [0.1, 0.15) is 6.42 Å². The van der Waals surface area contributed by atoms with E-state index >= 15 is 0 Å². The molecule has 52 heteroatoms. The van der Waals surface area contributed by atoms with Gasteiger partial charge in [0.15, 0.2) is 25.2 Å². The lowest BCUT2D eigenvalue weighted by atomic mass is 10.1. The zero-order valence-corrected chi connectivity index (χ0v) is 57.4. The van der Waals surface area contributed by atoms with Gasteiger partial charge in [0.2, 0.25) is 5.91 Å². The molecule has 4 aliphatic heterocycles. The van der Waals surface area contributed by atoms with Crippen LogP contribution in [0.4, 0.5) is 0 Å². The molecule has 0 aromatic carbocycles. The summed E-state index contributed by atoms with van der Waals surface area (Å²) in [5.74, 6) is -0.779. The largest absolute Gasteiger partial charge is 0.493 e. The molecule has 0 bridgehead atoms. The van der Waals surface area contributed by atoms with Crippen LogP contribution in [0, 0.1) is 0 Å². The number of aliphatic hydroxyl groups is 17. The van der Waals surface area contributed by atoms with Crippen molar-refractivity contribution in [3.8, 4) is 0 Å². The number of hydroxylamine groups is 1. The Labute approximate surface area is 567 Å². The molecule has 99 heavy (non-hydrogen) atoms. The molecule has 4 saturated heterocycles. The molecule has 0 spiro atoms. The van der Waals surface area contributed by atoms with Crippen molar-refractivity contribution in [2.45, 2.75) is 178 Å². The smallest absolute Gasteiger partial charge is 0.394 e. The Morgan fingerprint density at radius 1 is 0.394 bits per heavy atom. The number of carbonyl (C=O) groups is 1. The van der Waals surface area contributed by atoms with Gasteiger partial charge >= 0.3 is 31.3 Å². The molecule has 0 aromatic heterocycles. The van der Waals surface area contributed by atoms with Crippen LogP contribution in [0.5, 0.6) is 0 Å². The lowest BCUT2D eigenvalue weighted by Crippen LogP contribution is -2.45. The fraction of sp³-hybridized carbons (Fsp3) is 0.979. The van der Waals surface area contributed by atoms with Gasteiger partial charge in [-0.2, -0.15) is 17.3 Å². The maximum Gasteiger partial charge on any atom is 0.493 e. The summed E-state index contributed by atoms with van der Waals surface area (Å²) in [5.41, 5.74) is 1.62. The minimum absolute atomic E-state index is 0.0640. The first-order valence-corrected chi connectivity index (χ1v) is 36.0. The number of hydrogen-bond donors (Lipinski definition) is 23. The molecular formula is C47H91NO46P4S. The molecule has 32 atom stereocenters. The molecule has 4 aliphatic rings. The van der Waals surface area contributed by atoms with Gasteiger partial charge in [-0.3, -0.25) is 36.5 Å². The molecule has 47 nitrogen and oxygen atoms in total. The fourth-order valence-electron chi connectivity index (χ4n) is 9.39. The van der Waals surface area contributed by atoms with Crippen LogP contribution in [0.3, 0.4) is 0 Å². The number of amides is 1. The Morgan fingerprint density at radius 3 is 0.889 bits per heavy atom. The summed E-state index contributed by atoms with van der Waals surface area (Å²) < 4.78 is 154. The molecule has 4 rings (SSSR count). The second kappa shape index (κ2) is 42.6. The van der Waals surface area contributed by atoms with E-state index in [1.165, 1.54) is 7.11 Å². The summed E-state index contributed by atoms with van der Waals surface area (Å²) in [6, 6.07) is 0. The fourth-order valence-corrected chi connectivity index (χ4v) is 13.1. The number of methoxy groups -OCH3 is 4. The number of thiol groups is 1.